The van der Waals surface area contributed by atoms with Crippen LogP contribution in [0.2, 0.25) is 0 Å². The van der Waals surface area contributed by atoms with E-state index in [9.17, 15) is 18.0 Å². The number of rotatable bonds is 2. The molecule has 1 saturated carbocycles. The minimum atomic E-state index is -4.65. The Morgan fingerprint density at radius 2 is 2.00 bits per heavy atom. The Labute approximate surface area is 79.8 Å². The van der Waals surface area contributed by atoms with Crippen molar-refractivity contribution < 1.29 is 18.0 Å². The molecular formula is C8H13F3N2O. The molecule has 0 aliphatic heterocycles. The van der Waals surface area contributed by atoms with Crippen LogP contribution in [-0.4, -0.2) is 24.2 Å². The summed E-state index contributed by atoms with van der Waals surface area (Å²) in [7, 11) is 0. The summed E-state index contributed by atoms with van der Waals surface area (Å²) in [4.78, 5) is 10.9. The van der Waals surface area contributed by atoms with Gasteiger partial charge in [-0.15, -0.1) is 0 Å². The van der Waals surface area contributed by atoms with Gasteiger partial charge in [-0.1, -0.05) is 6.92 Å². The molecule has 82 valence electrons. The first-order valence-electron chi connectivity index (χ1n) is 4.43. The lowest BCUT2D eigenvalue weighted by Crippen LogP contribution is -2.54. The maximum absolute atomic E-state index is 12.0. The van der Waals surface area contributed by atoms with Crippen LogP contribution in [0.15, 0.2) is 0 Å². The number of carbonyl (C=O) groups is 1. The van der Waals surface area contributed by atoms with E-state index in [2.05, 4.69) is 5.32 Å². The summed E-state index contributed by atoms with van der Waals surface area (Å²) in [5, 5.41) is 2.27. The monoisotopic (exact) mass is 210 g/mol. The Bertz CT molecular complexity index is 223. The second kappa shape index (κ2) is 3.76. The van der Waals surface area contributed by atoms with Crippen LogP contribution in [-0.2, 0) is 4.79 Å². The fraction of sp³-hybridized carbons (Fsp3) is 0.875. The standard InChI is InChI=1S/C8H13F3N2O/c1-4-2-5(3-4)13-7(14)6(12)8(9,10)11/h4-6H,2-3,12H2,1H3,(H,13,14). The first kappa shape index (κ1) is 11.3. The van der Waals surface area contributed by atoms with Crippen molar-refractivity contribution in [1.29, 1.82) is 0 Å². The molecule has 14 heavy (non-hydrogen) atoms. The normalized spacial score (nSPS) is 29.2. The SMILES string of the molecule is CC1CC(NC(=O)C(N)C(F)(F)F)C1. The molecule has 0 spiro atoms. The lowest BCUT2D eigenvalue weighted by atomic mass is 9.82. The molecular weight excluding hydrogens is 197 g/mol. The highest BCUT2D eigenvalue weighted by Crippen LogP contribution is 2.27. The second-order valence-electron chi connectivity index (χ2n) is 3.80. The van der Waals surface area contributed by atoms with Crippen LogP contribution < -0.4 is 11.1 Å². The largest absolute Gasteiger partial charge is 0.412 e. The number of halogens is 3. The lowest BCUT2D eigenvalue weighted by Gasteiger charge is -2.34. The zero-order valence-electron chi connectivity index (χ0n) is 7.77. The number of carbonyl (C=O) groups excluding carboxylic acids is 1. The molecule has 1 unspecified atom stereocenters. The zero-order chi connectivity index (χ0) is 10.9. The number of amides is 1. The topological polar surface area (TPSA) is 55.1 Å². The molecule has 0 saturated heterocycles. The molecule has 3 nitrogen and oxygen atoms in total. The van der Waals surface area contributed by atoms with Gasteiger partial charge in [0.15, 0.2) is 6.04 Å². The van der Waals surface area contributed by atoms with Crippen molar-refractivity contribution in [3.05, 3.63) is 0 Å². The van der Waals surface area contributed by atoms with Crippen LogP contribution in [0.1, 0.15) is 19.8 Å². The molecule has 6 heteroatoms. The van der Waals surface area contributed by atoms with Crippen molar-refractivity contribution in [3.8, 4) is 0 Å². The number of hydrogen-bond donors (Lipinski definition) is 2. The van der Waals surface area contributed by atoms with Gasteiger partial charge in [-0.3, -0.25) is 4.79 Å². The van der Waals surface area contributed by atoms with Crippen molar-refractivity contribution in [2.75, 3.05) is 0 Å². The Hall–Kier alpha value is -0.780. The molecule has 1 amide bonds. The van der Waals surface area contributed by atoms with Gasteiger partial charge in [-0.25, -0.2) is 0 Å². The number of hydrogen-bond acceptors (Lipinski definition) is 2. The Morgan fingerprint density at radius 1 is 1.50 bits per heavy atom. The highest BCUT2D eigenvalue weighted by atomic mass is 19.4. The summed E-state index contributed by atoms with van der Waals surface area (Å²) >= 11 is 0. The van der Waals surface area contributed by atoms with E-state index < -0.39 is 18.1 Å². The van der Waals surface area contributed by atoms with Crippen molar-refractivity contribution in [3.63, 3.8) is 0 Å². The quantitative estimate of drug-likeness (QED) is 0.708. The average Bonchev–Trinajstić information content (AvgIpc) is 1.98. The third-order valence-corrected chi connectivity index (χ3v) is 2.36. The molecule has 1 rings (SSSR count). The third kappa shape index (κ3) is 2.60. The smallest absolute Gasteiger partial charge is 0.352 e. The molecule has 1 atom stereocenters. The Balaban J connectivity index is 2.35. The molecule has 0 aromatic carbocycles. The van der Waals surface area contributed by atoms with Crippen molar-refractivity contribution in [1.82, 2.24) is 5.32 Å². The molecule has 0 bridgehead atoms. The van der Waals surface area contributed by atoms with Gasteiger partial charge < -0.3 is 11.1 Å². The zero-order valence-corrected chi connectivity index (χ0v) is 7.77. The van der Waals surface area contributed by atoms with E-state index in [-0.39, 0.29) is 6.04 Å². The number of nitrogens with two attached hydrogens (primary N) is 1. The predicted octanol–water partition coefficient (Wildman–Crippen LogP) is 0.791. The van der Waals surface area contributed by atoms with Crippen molar-refractivity contribution in [2.24, 2.45) is 11.7 Å². The molecule has 1 aliphatic rings. The van der Waals surface area contributed by atoms with Gasteiger partial charge in [0.25, 0.3) is 0 Å². The summed E-state index contributed by atoms with van der Waals surface area (Å²) in [5.41, 5.74) is 4.72. The van der Waals surface area contributed by atoms with E-state index >= 15 is 0 Å². The molecule has 0 aromatic rings. The van der Waals surface area contributed by atoms with Gasteiger partial charge in [-0.2, -0.15) is 13.2 Å². The van der Waals surface area contributed by atoms with Crippen LogP contribution in [0.25, 0.3) is 0 Å². The molecule has 0 radical (unpaired) electrons. The maximum Gasteiger partial charge on any atom is 0.412 e. The highest BCUT2D eigenvalue weighted by molar-refractivity contribution is 5.82. The van der Waals surface area contributed by atoms with E-state index in [0.717, 1.165) is 12.8 Å². The maximum atomic E-state index is 12.0. The van der Waals surface area contributed by atoms with Crippen LogP contribution in [0.4, 0.5) is 13.2 Å². The third-order valence-electron chi connectivity index (χ3n) is 2.36. The van der Waals surface area contributed by atoms with E-state index in [1.165, 1.54) is 0 Å². The van der Waals surface area contributed by atoms with Gasteiger partial charge in [0, 0.05) is 6.04 Å². The van der Waals surface area contributed by atoms with E-state index in [1.54, 1.807) is 0 Å². The van der Waals surface area contributed by atoms with Gasteiger partial charge in [0.1, 0.15) is 0 Å². The Kier molecular flexibility index (Phi) is 3.04. The fourth-order valence-corrected chi connectivity index (χ4v) is 1.46. The highest BCUT2D eigenvalue weighted by Gasteiger charge is 2.43. The van der Waals surface area contributed by atoms with Crippen LogP contribution in [0.3, 0.4) is 0 Å². The first-order valence-corrected chi connectivity index (χ1v) is 4.43. The first-order chi connectivity index (χ1) is 6.30. The summed E-state index contributed by atoms with van der Waals surface area (Å²) in [5.74, 6) is -0.656. The minimum absolute atomic E-state index is 0.133. The summed E-state index contributed by atoms with van der Waals surface area (Å²) in [6.07, 6.45) is -3.19. The van der Waals surface area contributed by atoms with Crippen molar-refractivity contribution >= 4 is 5.91 Å². The molecule has 1 aliphatic carbocycles. The second-order valence-corrected chi connectivity index (χ2v) is 3.80. The van der Waals surface area contributed by atoms with Crippen molar-refractivity contribution in [2.45, 2.75) is 38.0 Å². The predicted molar refractivity (Wildman–Crippen MR) is 44.4 cm³/mol. The fourth-order valence-electron chi connectivity index (χ4n) is 1.46. The van der Waals surface area contributed by atoms with E-state index in [0.29, 0.717) is 5.92 Å². The lowest BCUT2D eigenvalue weighted by molar-refractivity contribution is -0.163. The van der Waals surface area contributed by atoms with Crippen LogP contribution in [0.5, 0.6) is 0 Å². The van der Waals surface area contributed by atoms with Crippen LogP contribution >= 0.6 is 0 Å². The molecule has 1 fully saturated rings. The average molecular weight is 210 g/mol. The van der Waals surface area contributed by atoms with E-state index in [4.69, 9.17) is 5.73 Å². The molecule has 0 heterocycles. The summed E-state index contributed by atoms with van der Waals surface area (Å²) in [6, 6.07) is -2.54. The number of nitrogens with one attached hydrogen (secondary N) is 1. The van der Waals surface area contributed by atoms with Gasteiger partial charge in [0.05, 0.1) is 0 Å². The number of alkyl halides is 3. The van der Waals surface area contributed by atoms with Crippen LogP contribution in [0, 0.1) is 5.92 Å². The van der Waals surface area contributed by atoms with E-state index in [1.807, 2.05) is 6.92 Å². The summed E-state index contributed by atoms with van der Waals surface area (Å²) in [6.45, 7) is 1.98. The Morgan fingerprint density at radius 3 is 2.36 bits per heavy atom. The van der Waals surface area contributed by atoms with Gasteiger partial charge in [0.2, 0.25) is 5.91 Å². The minimum Gasteiger partial charge on any atom is -0.352 e. The van der Waals surface area contributed by atoms with Gasteiger partial charge >= 0.3 is 6.18 Å². The summed E-state index contributed by atoms with van der Waals surface area (Å²) < 4.78 is 35.9. The molecule has 0 aromatic heterocycles. The van der Waals surface area contributed by atoms with Gasteiger partial charge in [-0.05, 0) is 18.8 Å². The molecule has 3 N–H and O–H groups in total.